The molecule has 1 saturated heterocycles. The fourth-order valence-electron chi connectivity index (χ4n) is 4.00. The van der Waals surface area contributed by atoms with Crippen LogP contribution in [0.25, 0.3) is 0 Å². The Hall–Kier alpha value is -3.95. The molecule has 0 aliphatic carbocycles. The molecule has 0 saturated carbocycles. The van der Waals surface area contributed by atoms with Gasteiger partial charge < -0.3 is 21.3 Å². The molecule has 36 heavy (non-hydrogen) atoms. The minimum Gasteiger partial charge on any atom is -0.349 e. The van der Waals surface area contributed by atoms with Crippen LogP contribution in [0.15, 0.2) is 72.8 Å². The van der Waals surface area contributed by atoms with Crippen LogP contribution in [0.2, 0.25) is 5.02 Å². The Labute approximate surface area is 212 Å². The average molecular weight is 510 g/mol. The molecule has 4 amide bonds. The Kier molecular flexibility index (Phi) is 7.82. The molecule has 3 aromatic carbocycles. The highest BCUT2D eigenvalue weighted by atomic mass is 35.5. The van der Waals surface area contributed by atoms with E-state index in [4.69, 9.17) is 17.3 Å². The van der Waals surface area contributed by atoms with Crippen molar-refractivity contribution in [2.75, 3.05) is 18.4 Å². The Morgan fingerprint density at radius 3 is 2.36 bits per heavy atom. The molecule has 8 nitrogen and oxygen atoms in total. The number of hydrogen-bond acceptors (Lipinski definition) is 4. The normalized spacial score (nSPS) is 15.0. The van der Waals surface area contributed by atoms with Gasteiger partial charge in [0.05, 0.1) is 0 Å². The smallest absolute Gasteiger partial charge is 0.323 e. The Balaban J connectivity index is 1.56. The molecular formula is C26H25ClFN5O3. The van der Waals surface area contributed by atoms with E-state index < -0.39 is 29.8 Å². The molecule has 10 heteroatoms. The van der Waals surface area contributed by atoms with Crippen molar-refractivity contribution < 1.29 is 18.8 Å². The van der Waals surface area contributed by atoms with Gasteiger partial charge in [0.25, 0.3) is 11.8 Å². The van der Waals surface area contributed by atoms with Gasteiger partial charge in [0.15, 0.2) is 6.17 Å². The molecule has 1 aliphatic rings. The molecule has 0 aromatic heterocycles. The number of anilines is 1. The number of urea groups is 1. The number of hydrogen-bond donors (Lipinski definition) is 3. The van der Waals surface area contributed by atoms with Crippen molar-refractivity contribution in [3.05, 3.63) is 100 Å². The van der Waals surface area contributed by atoms with E-state index in [1.165, 1.54) is 34.1 Å². The first-order valence-corrected chi connectivity index (χ1v) is 11.7. The van der Waals surface area contributed by atoms with E-state index in [0.29, 0.717) is 17.3 Å². The summed E-state index contributed by atoms with van der Waals surface area (Å²) in [5, 5.41) is 5.99. The molecule has 1 fully saturated rings. The van der Waals surface area contributed by atoms with Gasteiger partial charge >= 0.3 is 6.03 Å². The van der Waals surface area contributed by atoms with Gasteiger partial charge in [-0.15, -0.1) is 0 Å². The van der Waals surface area contributed by atoms with Crippen molar-refractivity contribution in [2.24, 2.45) is 5.73 Å². The lowest BCUT2D eigenvalue weighted by atomic mass is 10.1. The number of halogens is 2. The molecule has 0 radical (unpaired) electrons. The van der Waals surface area contributed by atoms with Gasteiger partial charge in [-0.3, -0.25) is 14.5 Å². The number of nitrogens with one attached hydrogen (secondary N) is 2. The van der Waals surface area contributed by atoms with E-state index in [1.807, 2.05) is 24.3 Å². The Morgan fingerprint density at radius 1 is 0.944 bits per heavy atom. The standard InChI is InChI=1S/C26H25ClFN5O3/c27-20-5-2-6-22(14-20)31-26(36)33-12-11-32(25(35)19-7-9-21(28)10-8-19)24(33)23(34)30-16-18-4-1-3-17(13-18)15-29/h1-10,13-14,24H,11-12,15-16,29H2,(H,30,34)(H,31,36). The second kappa shape index (κ2) is 11.2. The predicted molar refractivity (Wildman–Crippen MR) is 135 cm³/mol. The highest BCUT2D eigenvalue weighted by Gasteiger charge is 2.43. The van der Waals surface area contributed by atoms with Gasteiger partial charge in [-0.2, -0.15) is 0 Å². The molecule has 3 aromatic rings. The summed E-state index contributed by atoms with van der Waals surface area (Å²) in [6.45, 7) is 0.799. The third-order valence-electron chi connectivity index (χ3n) is 5.79. The van der Waals surface area contributed by atoms with Crippen LogP contribution in [-0.4, -0.2) is 46.9 Å². The summed E-state index contributed by atoms with van der Waals surface area (Å²) in [5.41, 5.74) is 8.11. The van der Waals surface area contributed by atoms with E-state index >= 15 is 0 Å². The monoisotopic (exact) mass is 509 g/mol. The molecule has 0 bridgehead atoms. The van der Waals surface area contributed by atoms with Crippen molar-refractivity contribution in [1.29, 1.82) is 0 Å². The third-order valence-corrected chi connectivity index (χ3v) is 6.02. The Bertz CT molecular complexity index is 1270. The van der Waals surface area contributed by atoms with Crippen LogP contribution in [-0.2, 0) is 17.9 Å². The first-order valence-electron chi connectivity index (χ1n) is 11.3. The fourth-order valence-corrected chi connectivity index (χ4v) is 4.19. The molecule has 1 unspecified atom stereocenters. The summed E-state index contributed by atoms with van der Waals surface area (Å²) in [4.78, 5) is 42.3. The number of nitrogens with two attached hydrogens (primary N) is 1. The van der Waals surface area contributed by atoms with E-state index in [2.05, 4.69) is 10.6 Å². The first-order chi connectivity index (χ1) is 17.4. The quantitative estimate of drug-likeness (QED) is 0.472. The zero-order chi connectivity index (χ0) is 25.7. The maximum Gasteiger partial charge on any atom is 0.323 e. The fraction of sp³-hybridized carbons (Fsp3) is 0.192. The van der Waals surface area contributed by atoms with E-state index in [0.717, 1.165) is 11.1 Å². The van der Waals surface area contributed by atoms with Gasteiger partial charge in [0.2, 0.25) is 0 Å². The molecule has 1 heterocycles. The topological polar surface area (TPSA) is 108 Å². The highest BCUT2D eigenvalue weighted by Crippen LogP contribution is 2.22. The maximum absolute atomic E-state index is 13.4. The van der Waals surface area contributed by atoms with Crippen LogP contribution in [0.5, 0.6) is 0 Å². The minimum absolute atomic E-state index is 0.125. The van der Waals surface area contributed by atoms with Crippen LogP contribution in [0.4, 0.5) is 14.9 Å². The minimum atomic E-state index is -1.21. The molecule has 0 spiro atoms. The second-order valence-electron chi connectivity index (χ2n) is 8.25. The number of carbonyl (C=O) groups is 3. The summed E-state index contributed by atoms with van der Waals surface area (Å²) in [7, 11) is 0. The van der Waals surface area contributed by atoms with Gasteiger partial charge in [0.1, 0.15) is 5.82 Å². The molecular weight excluding hydrogens is 485 g/mol. The zero-order valence-corrected chi connectivity index (χ0v) is 20.0. The van der Waals surface area contributed by atoms with E-state index in [1.54, 1.807) is 24.3 Å². The number of amides is 4. The van der Waals surface area contributed by atoms with Gasteiger partial charge in [-0.1, -0.05) is 41.9 Å². The summed E-state index contributed by atoms with van der Waals surface area (Å²) in [6.07, 6.45) is -1.21. The maximum atomic E-state index is 13.4. The van der Waals surface area contributed by atoms with Crippen LogP contribution in [0.3, 0.4) is 0 Å². The molecule has 4 N–H and O–H groups in total. The molecule has 1 aliphatic heterocycles. The largest absolute Gasteiger partial charge is 0.349 e. The molecule has 4 rings (SSSR count). The van der Waals surface area contributed by atoms with Crippen LogP contribution >= 0.6 is 11.6 Å². The average Bonchev–Trinajstić information content (AvgIpc) is 3.33. The van der Waals surface area contributed by atoms with E-state index in [9.17, 15) is 18.8 Å². The SMILES string of the molecule is NCc1cccc(CNC(=O)C2N(C(=O)Nc3cccc(Cl)c3)CCN2C(=O)c2ccc(F)cc2)c1. The van der Waals surface area contributed by atoms with Gasteiger partial charge in [-0.05, 0) is 53.6 Å². The number of carbonyl (C=O) groups excluding carboxylic acids is 3. The zero-order valence-electron chi connectivity index (χ0n) is 19.3. The van der Waals surface area contributed by atoms with Crippen LogP contribution in [0.1, 0.15) is 21.5 Å². The van der Waals surface area contributed by atoms with Crippen molar-refractivity contribution in [3.8, 4) is 0 Å². The number of benzene rings is 3. The van der Waals surface area contributed by atoms with Crippen molar-refractivity contribution in [2.45, 2.75) is 19.3 Å². The van der Waals surface area contributed by atoms with Gasteiger partial charge in [-0.25, -0.2) is 9.18 Å². The van der Waals surface area contributed by atoms with Crippen molar-refractivity contribution >= 4 is 35.1 Å². The van der Waals surface area contributed by atoms with Gasteiger partial charge in [0, 0.05) is 42.5 Å². The Morgan fingerprint density at radius 2 is 1.64 bits per heavy atom. The third kappa shape index (κ3) is 5.81. The number of nitrogens with zero attached hydrogens (tertiary/aromatic N) is 2. The highest BCUT2D eigenvalue weighted by molar-refractivity contribution is 6.30. The van der Waals surface area contributed by atoms with E-state index in [-0.39, 0.29) is 25.2 Å². The second-order valence-corrected chi connectivity index (χ2v) is 8.69. The summed E-state index contributed by atoms with van der Waals surface area (Å²) in [6, 6.07) is 18.5. The first kappa shape index (κ1) is 25.2. The summed E-state index contributed by atoms with van der Waals surface area (Å²) >= 11 is 6.02. The lowest BCUT2D eigenvalue weighted by Gasteiger charge is -2.29. The lowest BCUT2D eigenvalue weighted by molar-refractivity contribution is -0.128. The predicted octanol–water partition coefficient (Wildman–Crippen LogP) is 3.57. The van der Waals surface area contributed by atoms with Crippen LogP contribution < -0.4 is 16.4 Å². The lowest BCUT2D eigenvalue weighted by Crippen LogP contribution is -2.54. The van der Waals surface area contributed by atoms with Crippen molar-refractivity contribution in [1.82, 2.24) is 15.1 Å². The molecule has 186 valence electrons. The molecule has 1 atom stereocenters. The summed E-state index contributed by atoms with van der Waals surface area (Å²) < 4.78 is 13.4. The van der Waals surface area contributed by atoms with Crippen LogP contribution in [0, 0.1) is 5.82 Å². The number of rotatable bonds is 6. The van der Waals surface area contributed by atoms with Crippen molar-refractivity contribution in [3.63, 3.8) is 0 Å². The summed E-state index contributed by atoms with van der Waals surface area (Å²) in [5.74, 6) is -1.50.